The summed E-state index contributed by atoms with van der Waals surface area (Å²) in [6, 6.07) is -0.441. The highest BCUT2D eigenvalue weighted by molar-refractivity contribution is 7.17. The maximum Gasteiger partial charge on any atom is 0.435 e. The number of piperidine rings is 1. The number of aromatic amines is 1. The van der Waals surface area contributed by atoms with Gasteiger partial charge in [-0.1, -0.05) is 29.9 Å². The van der Waals surface area contributed by atoms with Crippen LogP contribution in [0.2, 0.25) is 5.15 Å². The van der Waals surface area contributed by atoms with Crippen molar-refractivity contribution < 1.29 is 32.6 Å². The van der Waals surface area contributed by atoms with E-state index in [1.807, 2.05) is 6.92 Å². The van der Waals surface area contributed by atoms with Gasteiger partial charge in [0.1, 0.15) is 4.88 Å². The van der Waals surface area contributed by atoms with Gasteiger partial charge in [-0.05, 0) is 12.8 Å². The van der Waals surface area contributed by atoms with Gasteiger partial charge in [0.2, 0.25) is 0 Å². The lowest BCUT2D eigenvalue weighted by Gasteiger charge is -2.37. The third-order valence-electron chi connectivity index (χ3n) is 4.82. The predicted octanol–water partition coefficient (Wildman–Crippen LogP) is 2.82. The molecule has 3 heterocycles. The third kappa shape index (κ3) is 4.93. The second-order valence-corrected chi connectivity index (χ2v) is 8.11. The molecule has 2 aromatic heterocycles. The molecule has 0 spiro atoms. The van der Waals surface area contributed by atoms with E-state index in [9.17, 15) is 22.8 Å². The highest BCUT2D eigenvalue weighted by atomic mass is 35.5. The first-order valence-corrected chi connectivity index (χ1v) is 10.4. The zero-order valence-electron chi connectivity index (χ0n) is 16.4. The van der Waals surface area contributed by atoms with E-state index in [0.717, 1.165) is 0 Å². The van der Waals surface area contributed by atoms with E-state index in [2.05, 4.69) is 20.3 Å². The van der Waals surface area contributed by atoms with Crippen LogP contribution < -0.4 is 10.2 Å². The predicted molar refractivity (Wildman–Crippen MR) is 106 cm³/mol. The van der Waals surface area contributed by atoms with E-state index in [1.165, 1.54) is 12.0 Å². The number of methoxy groups -OCH3 is 1. The number of aromatic carboxylic acids is 1. The molecule has 1 amide bonds. The Morgan fingerprint density at radius 3 is 2.65 bits per heavy atom. The Morgan fingerprint density at radius 2 is 2.13 bits per heavy atom. The van der Waals surface area contributed by atoms with Crippen LogP contribution >= 0.6 is 22.9 Å². The highest BCUT2D eigenvalue weighted by Gasteiger charge is 2.41. The minimum atomic E-state index is -4.88. The fourth-order valence-corrected chi connectivity index (χ4v) is 4.47. The number of carbonyl (C=O) groups is 2. The lowest BCUT2D eigenvalue weighted by Crippen LogP contribution is -2.55. The summed E-state index contributed by atoms with van der Waals surface area (Å²) >= 11 is 6.42. The fourth-order valence-electron chi connectivity index (χ4n) is 3.24. The van der Waals surface area contributed by atoms with Gasteiger partial charge in [0.05, 0.1) is 17.8 Å². The van der Waals surface area contributed by atoms with Crippen molar-refractivity contribution in [2.24, 2.45) is 0 Å². The number of aromatic nitrogens is 3. The molecule has 170 valence electrons. The van der Waals surface area contributed by atoms with Crippen molar-refractivity contribution in [3.8, 4) is 0 Å². The molecule has 0 saturated carbocycles. The Hall–Kier alpha value is -2.38. The SMILES string of the molecule is CCc1[nH]c(C(=O)N[C@@H]2CCN(c3nc(C(F)(F)F)c(C(=O)O)s3)C[C@@H]2OC)nc1Cl. The standard InChI is InChI=1S/C17H19ClF3N5O4S/c1-3-7-12(18)25-13(22-7)14(27)23-8-4-5-26(6-9(8)30-2)16-24-11(17(19,20)21)10(31-16)15(28)29/h8-9H,3-6H2,1-2H3,(H,22,25)(H,23,27)(H,28,29)/t8-,9+/m1/s1. The Bertz CT molecular complexity index is 980. The van der Waals surface area contributed by atoms with Crippen molar-refractivity contribution in [1.29, 1.82) is 0 Å². The number of ether oxygens (including phenoxy) is 1. The zero-order valence-corrected chi connectivity index (χ0v) is 18.0. The number of carboxylic acids is 1. The van der Waals surface area contributed by atoms with Gasteiger partial charge < -0.3 is 25.0 Å². The van der Waals surface area contributed by atoms with Crippen LogP contribution in [0.4, 0.5) is 18.3 Å². The summed E-state index contributed by atoms with van der Waals surface area (Å²) in [6.07, 6.45) is -4.54. The second-order valence-electron chi connectivity index (χ2n) is 6.77. The Labute approximate surface area is 183 Å². The number of carboxylic acid groups (broad SMARTS) is 1. The number of alkyl halides is 3. The third-order valence-corrected chi connectivity index (χ3v) is 6.24. The Kier molecular flexibility index (Phi) is 6.76. The normalized spacial score (nSPS) is 19.5. The maximum absolute atomic E-state index is 13.1. The second kappa shape index (κ2) is 9.01. The molecule has 0 bridgehead atoms. The first-order valence-electron chi connectivity index (χ1n) is 9.19. The van der Waals surface area contributed by atoms with Crippen molar-refractivity contribution in [1.82, 2.24) is 20.3 Å². The molecule has 3 N–H and O–H groups in total. The van der Waals surface area contributed by atoms with Crippen LogP contribution in [0.3, 0.4) is 0 Å². The molecule has 1 fully saturated rings. The van der Waals surface area contributed by atoms with Crippen molar-refractivity contribution >= 4 is 39.9 Å². The number of amides is 1. The molecular formula is C17H19ClF3N5O4S. The quantitative estimate of drug-likeness (QED) is 0.580. The number of nitrogens with one attached hydrogen (secondary N) is 2. The number of carbonyl (C=O) groups excluding carboxylic acids is 1. The van der Waals surface area contributed by atoms with Crippen molar-refractivity contribution in [3.63, 3.8) is 0 Å². The minimum absolute atomic E-state index is 0.0555. The zero-order chi connectivity index (χ0) is 22.9. The summed E-state index contributed by atoms with van der Waals surface area (Å²) in [5.74, 6) is -2.12. The van der Waals surface area contributed by atoms with Crippen LogP contribution in [0.5, 0.6) is 0 Å². The van der Waals surface area contributed by atoms with Gasteiger partial charge in [-0.25, -0.2) is 14.8 Å². The number of hydrogen-bond donors (Lipinski definition) is 3. The van der Waals surface area contributed by atoms with Crippen LogP contribution in [-0.4, -0.2) is 64.3 Å². The van der Waals surface area contributed by atoms with E-state index in [0.29, 0.717) is 29.9 Å². The van der Waals surface area contributed by atoms with E-state index in [-0.39, 0.29) is 29.2 Å². The summed E-state index contributed by atoms with van der Waals surface area (Å²) in [6.45, 7) is 2.22. The van der Waals surface area contributed by atoms with Crippen molar-refractivity contribution in [3.05, 3.63) is 27.2 Å². The van der Waals surface area contributed by atoms with Gasteiger partial charge >= 0.3 is 12.1 Å². The summed E-state index contributed by atoms with van der Waals surface area (Å²) in [5.41, 5.74) is -0.797. The molecule has 0 radical (unpaired) electrons. The summed E-state index contributed by atoms with van der Waals surface area (Å²) in [7, 11) is 1.41. The summed E-state index contributed by atoms with van der Waals surface area (Å²) < 4.78 is 44.8. The lowest BCUT2D eigenvalue weighted by atomic mass is 10.0. The number of hydrogen-bond acceptors (Lipinski definition) is 7. The molecule has 1 aliphatic heterocycles. The Morgan fingerprint density at radius 1 is 1.42 bits per heavy atom. The molecule has 3 rings (SSSR count). The summed E-state index contributed by atoms with van der Waals surface area (Å²) in [5, 5.41) is 12.0. The van der Waals surface area contributed by atoms with Gasteiger partial charge in [-0.2, -0.15) is 13.2 Å². The number of thiazole rings is 1. The molecule has 0 aromatic carbocycles. The molecule has 1 aliphatic rings. The van der Waals surface area contributed by atoms with E-state index in [1.54, 1.807) is 0 Å². The first kappa shape index (κ1) is 23.3. The van der Waals surface area contributed by atoms with Gasteiger partial charge in [-0.3, -0.25) is 4.79 Å². The molecule has 2 aromatic rings. The molecule has 0 unspecified atom stereocenters. The highest BCUT2D eigenvalue weighted by Crippen LogP contribution is 2.38. The van der Waals surface area contributed by atoms with Crippen LogP contribution in [-0.2, 0) is 17.3 Å². The van der Waals surface area contributed by atoms with Crippen LogP contribution in [0, 0.1) is 0 Å². The average molecular weight is 482 g/mol. The minimum Gasteiger partial charge on any atom is -0.477 e. The monoisotopic (exact) mass is 481 g/mol. The molecule has 0 aliphatic carbocycles. The lowest BCUT2D eigenvalue weighted by molar-refractivity contribution is -0.141. The largest absolute Gasteiger partial charge is 0.477 e. The molecular weight excluding hydrogens is 463 g/mol. The van der Waals surface area contributed by atoms with Crippen LogP contribution in [0.25, 0.3) is 0 Å². The molecule has 31 heavy (non-hydrogen) atoms. The average Bonchev–Trinajstić information content (AvgIpc) is 3.32. The number of halogens is 4. The molecule has 14 heteroatoms. The fraction of sp³-hybridized carbons (Fsp3) is 0.529. The number of aryl methyl sites for hydroxylation is 1. The van der Waals surface area contributed by atoms with E-state index >= 15 is 0 Å². The van der Waals surface area contributed by atoms with Gasteiger partial charge in [-0.15, -0.1) is 0 Å². The first-order chi connectivity index (χ1) is 14.5. The molecule has 2 atom stereocenters. The summed E-state index contributed by atoms with van der Waals surface area (Å²) in [4.78, 5) is 34.7. The number of H-pyrrole nitrogens is 1. The van der Waals surface area contributed by atoms with Gasteiger partial charge in [0.25, 0.3) is 5.91 Å². The molecule has 1 saturated heterocycles. The van der Waals surface area contributed by atoms with E-state index in [4.69, 9.17) is 21.4 Å². The van der Waals surface area contributed by atoms with Gasteiger partial charge in [0.15, 0.2) is 21.8 Å². The number of nitrogens with zero attached hydrogens (tertiary/aromatic N) is 3. The number of imidazole rings is 1. The van der Waals surface area contributed by atoms with Gasteiger partial charge in [0, 0.05) is 20.2 Å². The number of anilines is 1. The maximum atomic E-state index is 13.1. The smallest absolute Gasteiger partial charge is 0.435 e. The molecule has 9 nitrogen and oxygen atoms in total. The van der Waals surface area contributed by atoms with Crippen LogP contribution in [0.15, 0.2) is 0 Å². The Balaban J connectivity index is 1.73. The van der Waals surface area contributed by atoms with E-state index < -0.39 is 40.8 Å². The van der Waals surface area contributed by atoms with Crippen molar-refractivity contribution in [2.45, 2.75) is 38.1 Å². The van der Waals surface area contributed by atoms with Crippen molar-refractivity contribution in [2.75, 3.05) is 25.1 Å². The number of rotatable bonds is 6. The van der Waals surface area contributed by atoms with Crippen LogP contribution in [0.1, 0.15) is 45.0 Å². The topological polar surface area (TPSA) is 120 Å².